The summed E-state index contributed by atoms with van der Waals surface area (Å²) in [7, 11) is 2.16. The molecule has 0 unspecified atom stereocenters. The highest BCUT2D eigenvalue weighted by Gasteiger charge is 2.25. The largest absolute Gasteiger partial charge is 0.387 e. The first-order valence-electron chi connectivity index (χ1n) is 4.73. The van der Waals surface area contributed by atoms with Gasteiger partial charge in [0.05, 0.1) is 12.4 Å². The highest BCUT2D eigenvalue weighted by atomic mass is 15.2. The third-order valence-corrected chi connectivity index (χ3v) is 2.30. The Morgan fingerprint density at radius 1 is 1.58 bits per heavy atom. The molecule has 1 rings (SSSR count). The van der Waals surface area contributed by atoms with Gasteiger partial charge in [0.1, 0.15) is 0 Å². The van der Waals surface area contributed by atoms with Gasteiger partial charge in [-0.05, 0) is 19.9 Å². The zero-order valence-corrected chi connectivity index (χ0v) is 8.08. The molecule has 1 saturated carbocycles. The minimum Gasteiger partial charge on any atom is -0.387 e. The van der Waals surface area contributed by atoms with Crippen LogP contribution in [0.2, 0.25) is 0 Å². The molecule has 0 atom stereocenters. The molecule has 0 aromatic rings. The Kier molecular flexibility index (Phi) is 3.53. The van der Waals surface area contributed by atoms with E-state index in [1.807, 2.05) is 6.92 Å². The fraction of sp³-hybridized carbons (Fsp3) is 0.889. The SMILES string of the molecule is CCC(N)=NCCN(C)C1CC1. The van der Waals surface area contributed by atoms with Crippen molar-refractivity contribution in [1.82, 2.24) is 4.90 Å². The molecule has 0 bridgehead atoms. The standard InChI is InChI=1S/C9H19N3/c1-3-9(10)11-6-7-12(2)8-4-5-8/h8H,3-7H2,1-2H3,(H2,10,11). The van der Waals surface area contributed by atoms with Crippen LogP contribution in [0.1, 0.15) is 26.2 Å². The second-order valence-corrected chi connectivity index (χ2v) is 3.44. The molecule has 0 aliphatic heterocycles. The maximum atomic E-state index is 5.58. The van der Waals surface area contributed by atoms with Crippen LogP contribution in [0.25, 0.3) is 0 Å². The fourth-order valence-electron chi connectivity index (χ4n) is 1.16. The van der Waals surface area contributed by atoms with Crippen molar-refractivity contribution in [3.8, 4) is 0 Å². The molecule has 1 fully saturated rings. The predicted molar refractivity (Wildman–Crippen MR) is 52.4 cm³/mol. The zero-order chi connectivity index (χ0) is 8.97. The predicted octanol–water partition coefficient (Wildman–Crippen LogP) is 0.848. The van der Waals surface area contributed by atoms with Gasteiger partial charge in [-0.1, -0.05) is 6.92 Å². The Morgan fingerprint density at radius 2 is 2.25 bits per heavy atom. The molecule has 0 spiro atoms. The number of rotatable bonds is 5. The van der Waals surface area contributed by atoms with Gasteiger partial charge >= 0.3 is 0 Å². The first-order chi connectivity index (χ1) is 5.74. The van der Waals surface area contributed by atoms with Gasteiger partial charge in [-0.2, -0.15) is 0 Å². The lowest BCUT2D eigenvalue weighted by Crippen LogP contribution is -2.24. The van der Waals surface area contributed by atoms with E-state index in [0.29, 0.717) is 0 Å². The minimum absolute atomic E-state index is 0.777. The number of hydrogen-bond donors (Lipinski definition) is 1. The number of hydrogen-bond acceptors (Lipinski definition) is 2. The second kappa shape index (κ2) is 4.45. The van der Waals surface area contributed by atoms with E-state index < -0.39 is 0 Å². The Labute approximate surface area is 74.6 Å². The molecule has 70 valence electrons. The average molecular weight is 169 g/mol. The van der Waals surface area contributed by atoms with Crippen molar-refractivity contribution >= 4 is 5.84 Å². The summed E-state index contributed by atoms with van der Waals surface area (Å²) in [6, 6.07) is 0.836. The van der Waals surface area contributed by atoms with Gasteiger partial charge in [-0.3, -0.25) is 4.99 Å². The van der Waals surface area contributed by atoms with Crippen LogP contribution in [0.4, 0.5) is 0 Å². The van der Waals surface area contributed by atoms with Crippen LogP contribution in [0.5, 0.6) is 0 Å². The highest BCUT2D eigenvalue weighted by Crippen LogP contribution is 2.24. The summed E-state index contributed by atoms with van der Waals surface area (Å²) < 4.78 is 0. The van der Waals surface area contributed by atoms with E-state index in [-0.39, 0.29) is 0 Å². The van der Waals surface area contributed by atoms with E-state index in [1.165, 1.54) is 12.8 Å². The van der Waals surface area contributed by atoms with Gasteiger partial charge in [0, 0.05) is 19.0 Å². The molecule has 3 nitrogen and oxygen atoms in total. The molecule has 0 heterocycles. The van der Waals surface area contributed by atoms with Crippen LogP contribution in [0.15, 0.2) is 4.99 Å². The summed E-state index contributed by atoms with van der Waals surface area (Å²) in [4.78, 5) is 6.61. The van der Waals surface area contributed by atoms with E-state index in [9.17, 15) is 0 Å². The molecule has 0 saturated heterocycles. The van der Waals surface area contributed by atoms with Crippen LogP contribution in [0, 0.1) is 0 Å². The number of aliphatic imine (C=N–C) groups is 1. The monoisotopic (exact) mass is 169 g/mol. The third-order valence-electron chi connectivity index (χ3n) is 2.30. The molecule has 2 N–H and O–H groups in total. The fourth-order valence-corrected chi connectivity index (χ4v) is 1.16. The molecule has 3 heteroatoms. The van der Waals surface area contributed by atoms with E-state index >= 15 is 0 Å². The molecule has 0 aromatic carbocycles. The molecule has 0 aromatic heterocycles. The van der Waals surface area contributed by atoms with Gasteiger partial charge < -0.3 is 10.6 Å². The summed E-state index contributed by atoms with van der Waals surface area (Å²) in [5.41, 5.74) is 5.58. The summed E-state index contributed by atoms with van der Waals surface area (Å²) in [6.45, 7) is 3.93. The van der Waals surface area contributed by atoms with Gasteiger partial charge in [-0.25, -0.2) is 0 Å². The summed E-state index contributed by atoms with van der Waals surface area (Å²) in [5, 5.41) is 0. The van der Waals surface area contributed by atoms with Gasteiger partial charge in [0.15, 0.2) is 0 Å². The van der Waals surface area contributed by atoms with Crippen LogP contribution in [-0.4, -0.2) is 36.9 Å². The van der Waals surface area contributed by atoms with Crippen molar-refractivity contribution < 1.29 is 0 Å². The molecule has 0 amide bonds. The minimum atomic E-state index is 0.777. The molecule has 0 radical (unpaired) electrons. The Morgan fingerprint density at radius 3 is 2.75 bits per heavy atom. The lowest BCUT2D eigenvalue weighted by atomic mass is 10.4. The molecular formula is C9H19N3. The van der Waals surface area contributed by atoms with Crippen molar-refractivity contribution in [2.45, 2.75) is 32.2 Å². The van der Waals surface area contributed by atoms with Crippen LogP contribution in [-0.2, 0) is 0 Å². The topological polar surface area (TPSA) is 41.6 Å². The quantitative estimate of drug-likeness (QED) is 0.489. The molecular weight excluding hydrogens is 150 g/mol. The molecule has 1 aliphatic rings. The van der Waals surface area contributed by atoms with Gasteiger partial charge in [-0.15, -0.1) is 0 Å². The summed E-state index contributed by atoms with van der Waals surface area (Å²) >= 11 is 0. The van der Waals surface area contributed by atoms with Crippen molar-refractivity contribution in [3.05, 3.63) is 0 Å². The van der Waals surface area contributed by atoms with E-state index in [0.717, 1.165) is 31.4 Å². The smallest absolute Gasteiger partial charge is 0.0934 e. The average Bonchev–Trinajstić information content (AvgIpc) is 2.86. The Balaban J connectivity index is 2.07. The number of nitrogens with two attached hydrogens (primary N) is 1. The van der Waals surface area contributed by atoms with Crippen LogP contribution >= 0.6 is 0 Å². The van der Waals surface area contributed by atoms with Gasteiger partial charge in [0.25, 0.3) is 0 Å². The zero-order valence-electron chi connectivity index (χ0n) is 8.08. The molecule has 12 heavy (non-hydrogen) atoms. The first-order valence-corrected chi connectivity index (χ1v) is 4.73. The third kappa shape index (κ3) is 3.22. The maximum Gasteiger partial charge on any atom is 0.0934 e. The first kappa shape index (κ1) is 9.52. The lowest BCUT2D eigenvalue weighted by Gasteiger charge is -2.13. The summed E-state index contributed by atoms with van der Waals surface area (Å²) in [6.07, 6.45) is 3.60. The second-order valence-electron chi connectivity index (χ2n) is 3.44. The van der Waals surface area contributed by atoms with Crippen LogP contribution < -0.4 is 5.73 Å². The van der Waals surface area contributed by atoms with E-state index in [1.54, 1.807) is 0 Å². The summed E-state index contributed by atoms with van der Waals surface area (Å²) in [5.74, 6) is 0.777. The highest BCUT2D eigenvalue weighted by molar-refractivity contribution is 5.79. The normalized spacial score (nSPS) is 18.8. The van der Waals surface area contributed by atoms with E-state index in [2.05, 4.69) is 16.9 Å². The van der Waals surface area contributed by atoms with Crippen molar-refractivity contribution in [2.75, 3.05) is 20.1 Å². The maximum absolute atomic E-state index is 5.58. The number of amidine groups is 1. The van der Waals surface area contributed by atoms with Crippen molar-refractivity contribution in [2.24, 2.45) is 10.7 Å². The molecule has 1 aliphatic carbocycles. The Bertz CT molecular complexity index is 161. The Hall–Kier alpha value is -0.570. The van der Waals surface area contributed by atoms with Crippen molar-refractivity contribution in [3.63, 3.8) is 0 Å². The van der Waals surface area contributed by atoms with Gasteiger partial charge in [0.2, 0.25) is 0 Å². The number of likely N-dealkylation sites (N-methyl/N-ethyl adjacent to an activating group) is 1. The van der Waals surface area contributed by atoms with Crippen LogP contribution in [0.3, 0.4) is 0 Å². The van der Waals surface area contributed by atoms with Crippen molar-refractivity contribution in [1.29, 1.82) is 0 Å². The number of nitrogens with zero attached hydrogens (tertiary/aromatic N) is 2. The lowest BCUT2D eigenvalue weighted by molar-refractivity contribution is 0.334. The van der Waals surface area contributed by atoms with E-state index in [4.69, 9.17) is 5.73 Å².